The smallest absolute Gasteiger partial charge is 0.255 e. The Labute approximate surface area is 192 Å². The molecule has 170 valence electrons. The van der Waals surface area contributed by atoms with Gasteiger partial charge in [-0.15, -0.1) is 0 Å². The van der Waals surface area contributed by atoms with Crippen LogP contribution in [0.5, 0.6) is 11.5 Å². The Morgan fingerprint density at radius 3 is 2.39 bits per heavy atom. The zero-order valence-corrected chi connectivity index (χ0v) is 18.9. The van der Waals surface area contributed by atoms with E-state index in [0.29, 0.717) is 11.3 Å². The van der Waals surface area contributed by atoms with Crippen molar-refractivity contribution < 1.29 is 22.3 Å². The fraction of sp³-hybridized carbons (Fsp3) is 0.167. The number of benzene rings is 3. The molecule has 0 unspecified atom stereocenters. The number of carbonyl (C=O) groups excluding carboxylic acids is 1. The van der Waals surface area contributed by atoms with E-state index in [4.69, 9.17) is 10.00 Å². The maximum atomic E-state index is 13.2. The van der Waals surface area contributed by atoms with Crippen molar-refractivity contribution in [2.75, 3.05) is 18.4 Å². The van der Waals surface area contributed by atoms with Gasteiger partial charge in [0.1, 0.15) is 11.6 Å². The van der Waals surface area contributed by atoms with Crippen molar-refractivity contribution in [1.29, 1.82) is 5.26 Å². The van der Waals surface area contributed by atoms with E-state index in [1.807, 2.05) is 6.07 Å². The molecular weight excluding hydrogens is 445 g/mol. The van der Waals surface area contributed by atoms with Gasteiger partial charge in [0.25, 0.3) is 5.91 Å². The topological polar surface area (TPSA) is 99.5 Å². The molecule has 0 radical (unpaired) electrons. The number of ether oxygens (including phenoxy) is 1. The Kier molecular flexibility index (Phi) is 7.43. The minimum atomic E-state index is -3.80. The van der Waals surface area contributed by atoms with Crippen molar-refractivity contribution in [2.24, 2.45) is 0 Å². The number of anilines is 1. The number of hydrogen-bond donors (Lipinski definition) is 1. The maximum Gasteiger partial charge on any atom is 0.255 e. The van der Waals surface area contributed by atoms with Crippen LogP contribution in [0.15, 0.2) is 71.6 Å². The Balaban J connectivity index is 2.03. The van der Waals surface area contributed by atoms with Crippen LogP contribution in [-0.4, -0.2) is 31.7 Å². The van der Waals surface area contributed by atoms with Crippen LogP contribution in [0.25, 0.3) is 0 Å². The lowest BCUT2D eigenvalue weighted by molar-refractivity contribution is 0.102. The quantitative estimate of drug-likeness (QED) is 0.514. The average Bonchev–Trinajstić information content (AvgIpc) is 2.82. The second-order valence-corrected chi connectivity index (χ2v) is 8.89. The van der Waals surface area contributed by atoms with Gasteiger partial charge in [0.05, 0.1) is 22.2 Å². The molecule has 0 bridgehead atoms. The van der Waals surface area contributed by atoms with Crippen molar-refractivity contribution >= 4 is 21.6 Å². The molecule has 0 spiro atoms. The lowest BCUT2D eigenvalue weighted by Crippen LogP contribution is -2.30. The van der Waals surface area contributed by atoms with Crippen molar-refractivity contribution in [3.63, 3.8) is 0 Å². The van der Waals surface area contributed by atoms with Crippen molar-refractivity contribution in [3.05, 3.63) is 83.7 Å². The summed E-state index contributed by atoms with van der Waals surface area (Å²) < 4.78 is 46.3. The molecule has 0 saturated heterocycles. The molecule has 3 rings (SSSR count). The van der Waals surface area contributed by atoms with Crippen LogP contribution < -0.4 is 10.1 Å². The predicted molar refractivity (Wildman–Crippen MR) is 122 cm³/mol. The molecule has 0 aliphatic rings. The SMILES string of the molecule is CCN(CC)S(=O)(=O)c1ccc(Oc2ccc(F)cc2)c(NC(=O)c2cccc(C#N)c2)c1. The first-order valence-corrected chi connectivity index (χ1v) is 11.6. The van der Waals surface area contributed by atoms with Gasteiger partial charge in [-0.2, -0.15) is 9.57 Å². The first-order valence-electron chi connectivity index (χ1n) is 10.2. The van der Waals surface area contributed by atoms with Gasteiger partial charge in [-0.25, -0.2) is 12.8 Å². The van der Waals surface area contributed by atoms with Crippen molar-refractivity contribution in [3.8, 4) is 17.6 Å². The third kappa shape index (κ3) is 5.55. The molecule has 0 saturated carbocycles. The fourth-order valence-electron chi connectivity index (χ4n) is 3.12. The summed E-state index contributed by atoms with van der Waals surface area (Å²) in [4.78, 5) is 12.8. The summed E-state index contributed by atoms with van der Waals surface area (Å²) in [5.74, 6) is -0.509. The number of hydrogen-bond acceptors (Lipinski definition) is 5. The number of rotatable bonds is 8. The molecule has 33 heavy (non-hydrogen) atoms. The van der Waals surface area contributed by atoms with Crippen LogP contribution in [0.1, 0.15) is 29.8 Å². The molecule has 0 aliphatic heterocycles. The zero-order chi connectivity index (χ0) is 24.0. The lowest BCUT2D eigenvalue weighted by Gasteiger charge is -2.20. The standard InChI is InChI=1S/C24H22FN3O4S/c1-3-28(4-2)33(30,31)21-12-13-23(32-20-10-8-19(25)9-11-20)22(15-21)27-24(29)18-7-5-6-17(14-18)16-26/h5-15H,3-4H2,1-2H3,(H,27,29). The number of carbonyl (C=O) groups is 1. The molecule has 3 aromatic carbocycles. The van der Waals surface area contributed by atoms with Gasteiger partial charge in [0, 0.05) is 18.7 Å². The number of nitrogens with zero attached hydrogens (tertiary/aromatic N) is 2. The van der Waals surface area contributed by atoms with E-state index in [9.17, 15) is 17.6 Å². The Hall–Kier alpha value is -3.74. The summed E-state index contributed by atoms with van der Waals surface area (Å²) in [5, 5.41) is 11.8. The van der Waals surface area contributed by atoms with E-state index >= 15 is 0 Å². The van der Waals surface area contributed by atoms with Gasteiger partial charge >= 0.3 is 0 Å². The van der Waals surface area contributed by atoms with E-state index in [0.717, 1.165) is 0 Å². The van der Waals surface area contributed by atoms with Gasteiger partial charge < -0.3 is 10.1 Å². The molecule has 1 N–H and O–H groups in total. The van der Waals surface area contributed by atoms with E-state index in [1.165, 1.54) is 58.9 Å². The third-order valence-corrected chi connectivity index (χ3v) is 6.88. The van der Waals surface area contributed by atoms with E-state index < -0.39 is 21.7 Å². The second kappa shape index (κ2) is 10.3. The highest BCUT2D eigenvalue weighted by Gasteiger charge is 2.24. The molecule has 0 aromatic heterocycles. The summed E-state index contributed by atoms with van der Waals surface area (Å²) in [5.41, 5.74) is 0.641. The largest absolute Gasteiger partial charge is 0.455 e. The minimum Gasteiger partial charge on any atom is -0.455 e. The first kappa shape index (κ1) is 23.9. The van der Waals surface area contributed by atoms with E-state index in [1.54, 1.807) is 26.0 Å². The summed E-state index contributed by atoms with van der Waals surface area (Å²) >= 11 is 0. The maximum absolute atomic E-state index is 13.2. The molecule has 9 heteroatoms. The van der Waals surface area contributed by atoms with Crippen molar-refractivity contribution in [1.82, 2.24) is 4.31 Å². The highest BCUT2D eigenvalue weighted by atomic mass is 32.2. The molecule has 0 heterocycles. The van der Waals surface area contributed by atoms with Gasteiger partial charge in [-0.3, -0.25) is 4.79 Å². The Morgan fingerprint density at radius 2 is 1.76 bits per heavy atom. The van der Waals surface area contributed by atoms with Crippen LogP contribution in [0.2, 0.25) is 0 Å². The molecule has 0 atom stereocenters. The van der Waals surface area contributed by atoms with Crippen LogP contribution in [0.3, 0.4) is 0 Å². The van der Waals surface area contributed by atoms with Crippen LogP contribution in [0, 0.1) is 17.1 Å². The number of halogens is 1. The summed E-state index contributed by atoms with van der Waals surface area (Å²) in [6.07, 6.45) is 0. The summed E-state index contributed by atoms with van der Waals surface area (Å²) in [6, 6.07) is 17.5. The number of nitrogens with one attached hydrogen (secondary N) is 1. The molecule has 7 nitrogen and oxygen atoms in total. The fourth-order valence-corrected chi connectivity index (χ4v) is 4.61. The molecule has 1 amide bonds. The van der Waals surface area contributed by atoms with Crippen molar-refractivity contribution in [2.45, 2.75) is 18.7 Å². The Bertz CT molecular complexity index is 1300. The van der Waals surface area contributed by atoms with Gasteiger partial charge in [0.15, 0.2) is 5.75 Å². The second-order valence-electron chi connectivity index (χ2n) is 6.95. The van der Waals surface area contributed by atoms with Crippen LogP contribution >= 0.6 is 0 Å². The normalized spacial score (nSPS) is 11.1. The monoisotopic (exact) mass is 467 g/mol. The van der Waals surface area contributed by atoms with Crippen LogP contribution in [-0.2, 0) is 10.0 Å². The lowest BCUT2D eigenvalue weighted by atomic mass is 10.1. The zero-order valence-electron chi connectivity index (χ0n) is 18.1. The van der Waals surface area contributed by atoms with E-state index in [2.05, 4.69) is 5.32 Å². The highest BCUT2D eigenvalue weighted by molar-refractivity contribution is 7.89. The Morgan fingerprint density at radius 1 is 1.06 bits per heavy atom. The van der Waals surface area contributed by atoms with Gasteiger partial charge in [-0.1, -0.05) is 19.9 Å². The first-order chi connectivity index (χ1) is 15.8. The van der Waals surface area contributed by atoms with Crippen LogP contribution in [0.4, 0.5) is 10.1 Å². The summed E-state index contributed by atoms with van der Waals surface area (Å²) in [6.45, 7) is 4.04. The van der Waals surface area contributed by atoms with E-state index in [-0.39, 0.29) is 35.0 Å². The van der Waals surface area contributed by atoms with Gasteiger partial charge in [-0.05, 0) is 60.7 Å². The third-order valence-electron chi connectivity index (χ3n) is 4.84. The number of nitriles is 1. The molecule has 0 fully saturated rings. The number of amides is 1. The number of sulfonamides is 1. The van der Waals surface area contributed by atoms with Gasteiger partial charge in [0.2, 0.25) is 10.0 Å². The average molecular weight is 468 g/mol. The highest BCUT2D eigenvalue weighted by Crippen LogP contribution is 2.33. The summed E-state index contributed by atoms with van der Waals surface area (Å²) in [7, 11) is -3.80. The predicted octanol–water partition coefficient (Wildman–Crippen LogP) is 4.77. The molecular formula is C24H22FN3O4S. The molecule has 3 aromatic rings. The molecule has 0 aliphatic carbocycles. The minimum absolute atomic E-state index is 0.0151.